The number of amides is 1. The highest BCUT2D eigenvalue weighted by Gasteiger charge is 2.33. The SMILES string of the molecule is CC(C)C(NC(=O)C1CCN(S(=O)(=O)c2ccccc2)CC1)C(C)C. The molecule has 1 saturated heterocycles. The Hall–Kier alpha value is -1.40. The molecule has 5 nitrogen and oxygen atoms in total. The van der Waals surface area contributed by atoms with Crippen LogP contribution in [0.25, 0.3) is 0 Å². The second kappa shape index (κ2) is 8.32. The molecule has 0 unspecified atom stereocenters. The molecule has 1 heterocycles. The van der Waals surface area contributed by atoms with Crippen molar-refractivity contribution in [2.75, 3.05) is 13.1 Å². The minimum atomic E-state index is -3.46. The first-order valence-electron chi connectivity index (χ1n) is 9.09. The minimum absolute atomic E-state index is 0.0594. The largest absolute Gasteiger partial charge is 0.353 e. The standard InChI is InChI=1S/C19H30N2O3S/c1-14(2)18(15(3)4)20-19(22)16-10-12-21(13-11-16)25(23,24)17-8-6-5-7-9-17/h5-9,14-16,18H,10-13H2,1-4H3,(H,20,22). The molecule has 25 heavy (non-hydrogen) atoms. The van der Waals surface area contributed by atoms with Crippen LogP contribution in [0.1, 0.15) is 40.5 Å². The van der Waals surface area contributed by atoms with Crippen LogP contribution in [0, 0.1) is 17.8 Å². The van der Waals surface area contributed by atoms with E-state index in [0.717, 1.165) is 0 Å². The van der Waals surface area contributed by atoms with Crippen molar-refractivity contribution in [3.8, 4) is 0 Å². The fraction of sp³-hybridized carbons (Fsp3) is 0.632. The first kappa shape index (κ1) is 19.9. The Labute approximate surface area is 151 Å². The molecular formula is C19H30N2O3S. The van der Waals surface area contributed by atoms with Gasteiger partial charge in [0.15, 0.2) is 0 Å². The van der Waals surface area contributed by atoms with Gasteiger partial charge >= 0.3 is 0 Å². The smallest absolute Gasteiger partial charge is 0.243 e. The summed E-state index contributed by atoms with van der Waals surface area (Å²) in [6.45, 7) is 9.23. The van der Waals surface area contributed by atoms with Gasteiger partial charge in [-0.05, 0) is 36.8 Å². The Bertz CT molecular complexity index is 655. The quantitative estimate of drug-likeness (QED) is 0.842. The lowest BCUT2D eigenvalue weighted by atomic mass is 9.91. The summed E-state index contributed by atoms with van der Waals surface area (Å²) in [5.41, 5.74) is 0. The van der Waals surface area contributed by atoms with Crippen molar-refractivity contribution in [1.82, 2.24) is 9.62 Å². The number of carbonyl (C=O) groups excluding carboxylic acids is 1. The van der Waals surface area contributed by atoms with Gasteiger partial charge in [-0.1, -0.05) is 45.9 Å². The molecule has 1 fully saturated rings. The van der Waals surface area contributed by atoms with Gasteiger partial charge in [-0.2, -0.15) is 4.31 Å². The fourth-order valence-electron chi connectivity index (χ4n) is 3.49. The van der Waals surface area contributed by atoms with Crippen molar-refractivity contribution in [3.05, 3.63) is 30.3 Å². The van der Waals surface area contributed by atoms with Crippen LogP contribution in [0.15, 0.2) is 35.2 Å². The summed E-state index contributed by atoms with van der Waals surface area (Å²) in [5, 5.41) is 3.16. The van der Waals surface area contributed by atoms with Crippen LogP contribution in [0.4, 0.5) is 0 Å². The molecule has 1 amide bonds. The van der Waals surface area contributed by atoms with Crippen LogP contribution < -0.4 is 5.32 Å². The maximum Gasteiger partial charge on any atom is 0.243 e. The van der Waals surface area contributed by atoms with Gasteiger partial charge in [0.1, 0.15) is 0 Å². The van der Waals surface area contributed by atoms with Gasteiger partial charge in [0, 0.05) is 25.0 Å². The second-order valence-corrected chi connectivity index (χ2v) is 9.45. The number of rotatable bonds is 6. The maximum absolute atomic E-state index is 12.6. The zero-order valence-corrected chi connectivity index (χ0v) is 16.4. The molecule has 0 aromatic heterocycles. The van der Waals surface area contributed by atoms with Crippen LogP contribution in [0.5, 0.6) is 0 Å². The molecule has 0 aliphatic carbocycles. The van der Waals surface area contributed by atoms with Crippen molar-refractivity contribution in [1.29, 1.82) is 0 Å². The van der Waals surface area contributed by atoms with E-state index < -0.39 is 10.0 Å². The molecule has 0 saturated carbocycles. The van der Waals surface area contributed by atoms with E-state index in [-0.39, 0.29) is 17.9 Å². The van der Waals surface area contributed by atoms with E-state index in [4.69, 9.17) is 0 Å². The van der Waals surface area contributed by atoms with Gasteiger partial charge in [0.05, 0.1) is 4.90 Å². The first-order chi connectivity index (χ1) is 11.7. The Morgan fingerprint density at radius 1 is 1.04 bits per heavy atom. The monoisotopic (exact) mass is 366 g/mol. The predicted octanol–water partition coefficient (Wildman–Crippen LogP) is 2.88. The van der Waals surface area contributed by atoms with Crippen LogP contribution in [-0.4, -0.2) is 37.8 Å². The molecule has 2 rings (SSSR count). The molecule has 6 heteroatoms. The Morgan fingerprint density at radius 3 is 2.04 bits per heavy atom. The molecule has 140 valence electrons. The summed E-state index contributed by atoms with van der Waals surface area (Å²) in [7, 11) is -3.46. The summed E-state index contributed by atoms with van der Waals surface area (Å²) in [5.74, 6) is 0.705. The molecule has 1 aromatic carbocycles. The van der Waals surface area contributed by atoms with Gasteiger partial charge in [0.25, 0.3) is 0 Å². The van der Waals surface area contributed by atoms with Crippen LogP contribution in [0.2, 0.25) is 0 Å². The normalized spacial score (nSPS) is 17.4. The fourth-order valence-corrected chi connectivity index (χ4v) is 4.98. The van der Waals surface area contributed by atoms with E-state index in [1.165, 1.54) is 4.31 Å². The predicted molar refractivity (Wildman–Crippen MR) is 99.5 cm³/mol. The Kier molecular flexibility index (Phi) is 6.63. The topological polar surface area (TPSA) is 66.5 Å². The Balaban J connectivity index is 1.96. The highest BCUT2D eigenvalue weighted by molar-refractivity contribution is 7.89. The number of carbonyl (C=O) groups is 1. The number of nitrogens with zero attached hydrogens (tertiary/aromatic N) is 1. The number of hydrogen-bond acceptors (Lipinski definition) is 3. The molecule has 0 spiro atoms. The lowest BCUT2D eigenvalue weighted by Gasteiger charge is -2.33. The first-order valence-corrected chi connectivity index (χ1v) is 10.5. The van der Waals surface area contributed by atoms with E-state index in [2.05, 4.69) is 33.0 Å². The molecule has 1 aliphatic rings. The highest BCUT2D eigenvalue weighted by Crippen LogP contribution is 2.24. The third kappa shape index (κ3) is 4.82. The van der Waals surface area contributed by atoms with E-state index in [1.807, 2.05) is 0 Å². The van der Waals surface area contributed by atoms with E-state index in [9.17, 15) is 13.2 Å². The number of piperidine rings is 1. The van der Waals surface area contributed by atoms with E-state index in [1.54, 1.807) is 30.3 Å². The van der Waals surface area contributed by atoms with Crippen molar-refractivity contribution >= 4 is 15.9 Å². The zero-order valence-electron chi connectivity index (χ0n) is 15.6. The van der Waals surface area contributed by atoms with Crippen LogP contribution >= 0.6 is 0 Å². The molecular weight excluding hydrogens is 336 g/mol. The maximum atomic E-state index is 12.6. The lowest BCUT2D eigenvalue weighted by Crippen LogP contribution is -2.48. The summed E-state index contributed by atoms with van der Waals surface area (Å²) in [4.78, 5) is 12.9. The summed E-state index contributed by atoms with van der Waals surface area (Å²) >= 11 is 0. The molecule has 0 atom stereocenters. The molecule has 1 aromatic rings. The molecule has 1 aliphatic heterocycles. The molecule has 1 N–H and O–H groups in total. The number of benzene rings is 1. The van der Waals surface area contributed by atoms with Gasteiger partial charge in [-0.15, -0.1) is 0 Å². The minimum Gasteiger partial charge on any atom is -0.353 e. The third-order valence-electron chi connectivity index (χ3n) is 4.95. The summed E-state index contributed by atoms with van der Waals surface area (Å²) < 4.78 is 26.8. The van der Waals surface area contributed by atoms with Gasteiger partial charge in [-0.3, -0.25) is 4.79 Å². The average Bonchev–Trinajstić information content (AvgIpc) is 2.59. The summed E-state index contributed by atoms with van der Waals surface area (Å²) in [6, 6.07) is 8.64. The highest BCUT2D eigenvalue weighted by atomic mass is 32.2. The molecule has 0 bridgehead atoms. The van der Waals surface area contributed by atoms with Gasteiger partial charge in [0.2, 0.25) is 15.9 Å². The van der Waals surface area contributed by atoms with Crippen LogP contribution in [0.3, 0.4) is 0 Å². The number of nitrogens with one attached hydrogen (secondary N) is 1. The van der Waals surface area contributed by atoms with Crippen molar-refractivity contribution in [2.24, 2.45) is 17.8 Å². The van der Waals surface area contributed by atoms with Gasteiger partial charge < -0.3 is 5.32 Å². The summed E-state index contributed by atoms with van der Waals surface area (Å²) in [6.07, 6.45) is 1.14. The van der Waals surface area contributed by atoms with Crippen molar-refractivity contribution in [2.45, 2.75) is 51.5 Å². The third-order valence-corrected chi connectivity index (χ3v) is 6.86. The second-order valence-electron chi connectivity index (χ2n) is 7.51. The van der Waals surface area contributed by atoms with Gasteiger partial charge in [-0.25, -0.2) is 8.42 Å². The van der Waals surface area contributed by atoms with Crippen molar-refractivity contribution < 1.29 is 13.2 Å². The lowest BCUT2D eigenvalue weighted by molar-refractivity contribution is -0.127. The Morgan fingerprint density at radius 2 is 1.56 bits per heavy atom. The number of hydrogen-bond donors (Lipinski definition) is 1. The van der Waals surface area contributed by atoms with Crippen LogP contribution in [-0.2, 0) is 14.8 Å². The van der Waals surface area contributed by atoms with E-state index in [0.29, 0.717) is 42.7 Å². The zero-order chi connectivity index (χ0) is 18.6. The van der Waals surface area contributed by atoms with E-state index >= 15 is 0 Å². The van der Waals surface area contributed by atoms with Crippen molar-refractivity contribution in [3.63, 3.8) is 0 Å². The average molecular weight is 367 g/mol. The number of sulfonamides is 1. The molecule has 0 radical (unpaired) electrons.